The monoisotopic (exact) mass is 317 g/mol. The molecule has 5 nitrogen and oxygen atoms in total. The molecule has 3 rings (SSSR count). The van der Waals surface area contributed by atoms with E-state index in [1.807, 2.05) is 23.1 Å². The van der Waals surface area contributed by atoms with Crippen molar-refractivity contribution in [1.82, 2.24) is 4.90 Å². The first-order valence-electron chi connectivity index (χ1n) is 8.25. The number of carbonyl (C=O) groups excluding carboxylic acids is 2. The molecule has 124 valence electrons. The van der Waals surface area contributed by atoms with Crippen LogP contribution in [0, 0.1) is 0 Å². The summed E-state index contributed by atoms with van der Waals surface area (Å²) in [5.74, 6) is 0.201. The third-order valence-corrected chi connectivity index (χ3v) is 4.68. The maximum Gasteiger partial charge on any atom is 0.254 e. The molecule has 1 saturated heterocycles. The normalized spacial score (nSPS) is 18.3. The van der Waals surface area contributed by atoms with Crippen LogP contribution in [0.3, 0.4) is 0 Å². The lowest BCUT2D eigenvalue weighted by atomic mass is 10.0. The first-order chi connectivity index (χ1) is 11.2. The van der Waals surface area contributed by atoms with Gasteiger partial charge in [-0.3, -0.25) is 9.59 Å². The number of methoxy groups -OCH3 is 1. The molecule has 5 heteroatoms. The summed E-state index contributed by atoms with van der Waals surface area (Å²) >= 11 is 0. The van der Waals surface area contributed by atoms with Crippen molar-refractivity contribution in [3.63, 3.8) is 0 Å². The van der Waals surface area contributed by atoms with Gasteiger partial charge in [0.05, 0.1) is 19.3 Å². The lowest BCUT2D eigenvalue weighted by Gasteiger charge is -2.32. The quantitative estimate of drug-likeness (QED) is 0.780. The van der Waals surface area contributed by atoms with Gasteiger partial charge >= 0.3 is 0 Å². The fourth-order valence-corrected chi connectivity index (χ4v) is 3.38. The van der Waals surface area contributed by atoms with Gasteiger partial charge in [0.15, 0.2) is 5.78 Å². The second-order valence-electron chi connectivity index (χ2n) is 6.11. The lowest BCUT2D eigenvalue weighted by Crippen LogP contribution is -2.41. The summed E-state index contributed by atoms with van der Waals surface area (Å²) in [5, 5.41) is 0. The minimum Gasteiger partial charge on any atom is -0.382 e. The Bertz CT molecular complexity index is 591. The van der Waals surface area contributed by atoms with Crippen molar-refractivity contribution in [3.8, 4) is 0 Å². The zero-order valence-corrected chi connectivity index (χ0v) is 13.5. The van der Waals surface area contributed by atoms with E-state index < -0.39 is 0 Å². The van der Waals surface area contributed by atoms with E-state index in [-0.39, 0.29) is 17.8 Å². The van der Waals surface area contributed by atoms with Crippen LogP contribution in [0.5, 0.6) is 0 Å². The van der Waals surface area contributed by atoms with E-state index in [9.17, 15) is 9.59 Å². The number of nitrogens with zero attached hydrogens (tertiary/aromatic N) is 1. The molecule has 1 aromatic rings. The van der Waals surface area contributed by atoms with E-state index >= 15 is 0 Å². The number of ketones is 1. The van der Waals surface area contributed by atoms with Gasteiger partial charge in [0.1, 0.15) is 0 Å². The number of hydrogen-bond donors (Lipinski definition) is 0. The van der Waals surface area contributed by atoms with Crippen molar-refractivity contribution in [2.45, 2.75) is 31.8 Å². The predicted octanol–water partition coefficient (Wildman–Crippen LogP) is 2.08. The Kier molecular flexibility index (Phi) is 5.08. The van der Waals surface area contributed by atoms with E-state index in [4.69, 9.17) is 9.47 Å². The number of amides is 1. The van der Waals surface area contributed by atoms with Crippen LogP contribution in [0.1, 0.15) is 45.5 Å². The Morgan fingerprint density at radius 1 is 1.22 bits per heavy atom. The second kappa shape index (κ2) is 7.23. The van der Waals surface area contributed by atoms with Crippen molar-refractivity contribution in [3.05, 3.63) is 34.9 Å². The highest BCUT2D eigenvalue weighted by atomic mass is 16.5. The van der Waals surface area contributed by atoms with Crippen LogP contribution in [0.2, 0.25) is 0 Å². The SMILES string of the molecule is COCCOC1CCN(C(=O)c2cccc3c2CCC3=O)CC1. The van der Waals surface area contributed by atoms with Crippen LogP contribution in [-0.4, -0.2) is 56.1 Å². The summed E-state index contributed by atoms with van der Waals surface area (Å²) in [6.45, 7) is 2.61. The highest BCUT2D eigenvalue weighted by molar-refractivity contribution is 6.05. The van der Waals surface area contributed by atoms with Gasteiger partial charge in [-0.05, 0) is 30.9 Å². The van der Waals surface area contributed by atoms with Crippen molar-refractivity contribution in [2.75, 3.05) is 33.4 Å². The molecule has 1 aliphatic heterocycles. The third kappa shape index (κ3) is 3.46. The van der Waals surface area contributed by atoms with E-state index in [1.54, 1.807) is 7.11 Å². The van der Waals surface area contributed by atoms with Crippen LogP contribution in [0.4, 0.5) is 0 Å². The summed E-state index contributed by atoms with van der Waals surface area (Å²) in [6, 6.07) is 5.49. The number of ether oxygens (including phenoxy) is 2. The summed E-state index contributed by atoms with van der Waals surface area (Å²) in [6.07, 6.45) is 3.12. The van der Waals surface area contributed by atoms with E-state index in [2.05, 4.69) is 0 Å². The van der Waals surface area contributed by atoms with Crippen LogP contribution < -0.4 is 0 Å². The van der Waals surface area contributed by atoms with Gasteiger partial charge in [0.25, 0.3) is 5.91 Å². The minimum absolute atomic E-state index is 0.0480. The molecule has 0 spiro atoms. The first-order valence-corrected chi connectivity index (χ1v) is 8.25. The fraction of sp³-hybridized carbons (Fsp3) is 0.556. The van der Waals surface area contributed by atoms with E-state index in [1.165, 1.54) is 0 Å². The van der Waals surface area contributed by atoms with Crippen molar-refractivity contribution >= 4 is 11.7 Å². The van der Waals surface area contributed by atoms with Gasteiger partial charge in [-0.1, -0.05) is 12.1 Å². The molecule has 23 heavy (non-hydrogen) atoms. The summed E-state index contributed by atoms with van der Waals surface area (Å²) in [7, 11) is 1.66. The number of benzene rings is 1. The summed E-state index contributed by atoms with van der Waals surface area (Å²) in [4.78, 5) is 26.5. The van der Waals surface area contributed by atoms with E-state index in [0.29, 0.717) is 44.7 Å². The third-order valence-electron chi connectivity index (χ3n) is 4.68. The second-order valence-corrected chi connectivity index (χ2v) is 6.11. The number of carbonyl (C=O) groups is 2. The molecule has 2 aliphatic rings. The number of piperidine rings is 1. The molecule has 1 fully saturated rings. The van der Waals surface area contributed by atoms with E-state index in [0.717, 1.165) is 24.0 Å². The summed E-state index contributed by atoms with van der Waals surface area (Å²) in [5.41, 5.74) is 2.36. The molecule has 1 heterocycles. The molecular weight excluding hydrogens is 294 g/mol. The number of Topliss-reactive ketones (excluding diaryl/α,β-unsaturated/α-hetero) is 1. The van der Waals surface area contributed by atoms with Crippen LogP contribution in [0.25, 0.3) is 0 Å². The number of rotatable bonds is 5. The molecule has 0 unspecified atom stereocenters. The Labute approximate surface area is 136 Å². The van der Waals surface area contributed by atoms with Gasteiger partial charge < -0.3 is 14.4 Å². The number of fused-ring (bicyclic) bond motifs is 1. The Hall–Kier alpha value is -1.72. The lowest BCUT2D eigenvalue weighted by molar-refractivity contribution is -0.0122. The highest BCUT2D eigenvalue weighted by Gasteiger charge is 2.29. The maximum absolute atomic E-state index is 12.8. The van der Waals surface area contributed by atoms with Crippen LogP contribution >= 0.6 is 0 Å². The van der Waals surface area contributed by atoms with Gasteiger partial charge in [0.2, 0.25) is 0 Å². The molecule has 1 amide bonds. The number of hydrogen-bond acceptors (Lipinski definition) is 4. The molecule has 0 radical (unpaired) electrons. The van der Waals surface area contributed by atoms with Gasteiger partial charge in [-0.25, -0.2) is 0 Å². The Balaban J connectivity index is 1.61. The fourth-order valence-electron chi connectivity index (χ4n) is 3.38. The molecule has 1 aromatic carbocycles. The van der Waals surface area contributed by atoms with Crippen molar-refractivity contribution in [2.24, 2.45) is 0 Å². The minimum atomic E-state index is 0.0480. The zero-order valence-electron chi connectivity index (χ0n) is 13.5. The average Bonchev–Trinajstić information content (AvgIpc) is 2.97. The van der Waals surface area contributed by atoms with Crippen molar-refractivity contribution in [1.29, 1.82) is 0 Å². The largest absolute Gasteiger partial charge is 0.382 e. The average molecular weight is 317 g/mol. The highest BCUT2D eigenvalue weighted by Crippen LogP contribution is 2.27. The Morgan fingerprint density at radius 2 is 2.00 bits per heavy atom. The smallest absolute Gasteiger partial charge is 0.254 e. The number of likely N-dealkylation sites (tertiary alicyclic amines) is 1. The molecule has 0 aromatic heterocycles. The molecule has 0 atom stereocenters. The van der Waals surface area contributed by atoms with Crippen LogP contribution in [-0.2, 0) is 15.9 Å². The molecular formula is C18H23NO4. The predicted molar refractivity (Wildman–Crippen MR) is 85.8 cm³/mol. The van der Waals surface area contributed by atoms with Gasteiger partial charge in [-0.15, -0.1) is 0 Å². The summed E-state index contributed by atoms with van der Waals surface area (Å²) < 4.78 is 10.7. The first kappa shape index (κ1) is 16.1. The maximum atomic E-state index is 12.8. The standard InChI is InChI=1S/C18H23NO4/c1-22-11-12-23-13-7-9-19(10-8-13)18(21)16-4-2-3-15-14(16)5-6-17(15)20/h2-4,13H,5-12H2,1H3. The van der Waals surface area contributed by atoms with Gasteiger partial charge in [-0.2, -0.15) is 0 Å². The molecule has 0 N–H and O–H groups in total. The molecule has 1 aliphatic carbocycles. The van der Waals surface area contributed by atoms with Crippen molar-refractivity contribution < 1.29 is 19.1 Å². The Morgan fingerprint density at radius 3 is 2.74 bits per heavy atom. The molecule has 0 saturated carbocycles. The zero-order chi connectivity index (χ0) is 16.2. The van der Waals surface area contributed by atoms with Crippen LogP contribution in [0.15, 0.2) is 18.2 Å². The topological polar surface area (TPSA) is 55.8 Å². The van der Waals surface area contributed by atoms with Gasteiger partial charge in [0, 0.05) is 37.7 Å². The molecule has 0 bridgehead atoms.